The first-order valence-corrected chi connectivity index (χ1v) is 8.58. The minimum atomic E-state index is -0.359. The molecular formula is C14H21N5OS. The summed E-state index contributed by atoms with van der Waals surface area (Å²) in [5.74, 6) is 1.28. The van der Waals surface area contributed by atoms with E-state index in [0.29, 0.717) is 12.0 Å². The SMILES string of the molecule is CNC1(C#N)CCCC1CCSc1n[nH]c(=O)n1C1CC1. The summed E-state index contributed by atoms with van der Waals surface area (Å²) in [5, 5.41) is 20.1. The monoisotopic (exact) mass is 307 g/mol. The number of aromatic nitrogens is 3. The maximum atomic E-state index is 11.7. The third kappa shape index (κ3) is 2.74. The Balaban J connectivity index is 1.59. The first-order valence-electron chi connectivity index (χ1n) is 7.60. The van der Waals surface area contributed by atoms with Crippen molar-refractivity contribution in [3.63, 3.8) is 0 Å². The Kier molecular flexibility index (Phi) is 4.09. The van der Waals surface area contributed by atoms with Crippen LogP contribution in [0.5, 0.6) is 0 Å². The van der Waals surface area contributed by atoms with Crippen molar-refractivity contribution in [2.45, 2.75) is 55.3 Å². The van der Waals surface area contributed by atoms with Gasteiger partial charge in [0, 0.05) is 11.8 Å². The average molecular weight is 307 g/mol. The van der Waals surface area contributed by atoms with Gasteiger partial charge >= 0.3 is 5.69 Å². The summed E-state index contributed by atoms with van der Waals surface area (Å²) in [7, 11) is 1.88. The molecule has 0 aliphatic heterocycles. The summed E-state index contributed by atoms with van der Waals surface area (Å²) in [4.78, 5) is 11.7. The zero-order chi connectivity index (χ0) is 14.9. The van der Waals surface area contributed by atoms with Gasteiger partial charge in [-0.15, -0.1) is 5.10 Å². The molecule has 0 saturated heterocycles. The van der Waals surface area contributed by atoms with Crippen LogP contribution in [0.25, 0.3) is 0 Å². The van der Waals surface area contributed by atoms with E-state index in [4.69, 9.17) is 0 Å². The van der Waals surface area contributed by atoms with Crippen LogP contribution in [0.3, 0.4) is 0 Å². The van der Waals surface area contributed by atoms with E-state index in [-0.39, 0.29) is 11.2 Å². The van der Waals surface area contributed by atoms with E-state index in [1.54, 1.807) is 16.3 Å². The molecule has 0 spiro atoms. The molecule has 2 aliphatic carbocycles. The summed E-state index contributed by atoms with van der Waals surface area (Å²) < 4.78 is 1.79. The van der Waals surface area contributed by atoms with Crippen molar-refractivity contribution in [1.82, 2.24) is 20.1 Å². The Morgan fingerprint density at radius 1 is 1.57 bits per heavy atom. The van der Waals surface area contributed by atoms with Crippen LogP contribution >= 0.6 is 11.8 Å². The fourth-order valence-corrected chi connectivity index (χ4v) is 4.41. The predicted octanol–water partition coefficient (Wildman–Crippen LogP) is 1.67. The zero-order valence-electron chi connectivity index (χ0n) is 12.3. The molecule has 2 aliphatic rings. The highest BCUT2D eigenvalue weighted by atomic mass is 32.2. The van der Waals surface area contributed by atoms with E-state index in [2.05, 4.69) is 21.6 Å². The van der Waals surface area contributed by atoms with E-state index >= 15 is 0 Å². The quantitative estimate of drug-likeness (QED) is 0.781. The third-order valence-corrected chi connectivity index (χ3v) is 5.73. The Bertz CT molecular complexity index is 599. The minimum Gasteiger partial charge on any atom is -0.302 e. The molecule has 114 valence electrons. The van der Waals surface area contributed by atoms with E-state index < -0.39 is 0 Å². The molecule has 2 saturated carbocycles. The highest BCUT2D eigenvalue weighted by molar-refractivity contribution is 7.99. The van der Waals surface area contributed by atoms with Crippen LogP contribution in [0.4, 0.5) is 0 Å². The van der Waals surface area contributed by atoms with Gasteiger partial charge in [0.25, 0.3) is 0 Å². The Labute approximate surface area is 128 Å². The lowest BCUT2D eigenvalue weighted by atomic mass is 9.87. The number of rotatable bonds is 6. The number of hydrogen-bond donors (Lipinski definition) is 2. The Hall–Kier alpha value is -1.26. The van der Waals surface area contributed by atoms with Crippen molar-refractivity contribution < 1.29 is 0 Å². The second-order valence-electron chi connectivity index (χ2n) is 5.97. The highest BCUT2D eigenvalue weighted by Crippen LogP contribution is 2.39. The lowest BCUT2D eigenvalue weighted by molar-refractivity contribution is 0.332. The number of thioether (sulfide) groups is 1. The molecule has 0 aromatic carbocycles. The third-order valence-electron chi connectivity index (χ3n) is 4.75. The molecule has 0 radical (unpaired) electrons. The molecule has 2 fully saturated rings. The fourth-order valence-electron chi connectivity index (χ4n) is 3.34. The molecule has 0 bridgehead atoms. The van der Waals surface area contributed by atoms with Crippen LogP contribution in [-0.4, -0.2) is 33.1 Å². The van der Waals surface area contributed by atoms with E-state index in [1.165, 1.54) is 0 Å². The fraction of sp³-hybridized carbons (Fsp3) is 0.786. The molecule has 3 rings (SSSR count). The number of H-pyrrole nitrogens is 1. The van der Waals surface area contributed by atoms with Crippen LogP contribution in [0.2, 0.25) is 0 Å². The summed E-state index contributed by atoms with van der Waals surface area (Å²) in [6, 6.07) is 2.82. The van der Waals surface area contributed by atoms with Gasteiger partial charge in [-0.25, -0.2) is 9.89 Å². The maximum Gasteiger partial charge on any atom is 0.344 e. The topological polar surface area (TPSA) is 86.5 Å². The summed E-state index contributed by atoms with van der Waals surface area (Å²) in [6.07, 6.45) is 6.28. The Morgan fingerprint density at radius 3 is 3.05 bits per heavy atom. The predicted molar refractivity (Wildman–Crippen MR) is 81.2 cm³/mol. The van der Waals surface area contributed by atoms with Gasteiger partial charge in [-0.3, -0.25) is 4.57 Å². The summed E-state index contributed by atoms with van der Waals surface area (Å²) in [6.45, 7) is 0. The summed E-state index contributed by atoms with van der Waals surface area (Å²) in [5.41, 5.74) is -0.454. The molecule has 0 amide bonds. The van der Waals surface area contributed by atoms with Gasteiger partial charge in [0.2, 0.25) is 0 Å². The van der Waals surface area contributed by atoms with E-state index in [1.807, 2.05) is 7.05 Å². The lowest BCUT2D eigenvalue weighted by Gasteiger charge is -2.28. The lowest BCUT2D eigenvalue weighted by Crippen LogP contribution is -2.44. The second kappa shape index (κ2) is 5.85. The van der Waals surface area contributed by atoms with Crippen LogP contribution in [0.15, 0.2) is 9.95 Å². The van der Waals surface area contributed by atoms with Crippen LogP contribution < -0.4 is 11.0 Å². The Morgan fingerprint density at radius 2 is 2.38 bits per heavy atom. The summed E-state index contributed by atoms with van der Waals surface area (Å²) >= 11 is 1.63. The number of nitrogens with one attached hydrogen (secondary N) is 2. The molecule has 1 aromatic rings. The normalized spacial score (nSPS) is 28.7. The molecule has 2 N–H and O–H groups in total. The average Bonchev–Trinajstić information content (AvgIpc) is 3.14. The van der Waals surface area contributed by atoms with Gasteiger partial charge < -0.3 is 5.32 Å². The second-order valence-corrected chi connectivity index (χ2v) is 7.03. The number of nitrogens with zero attached hydrogens (tertiary/aromatic N) is 3. The largest absolute Gasteiger partial charge is 0.344 e. The van der Waals surface area contributed by atoms with Gasteiger partial charge in [-0.2, -0.15) is 5.26 Å². The first kappa shape index (κ1) is 14.7. The number of hydrogen-bond acceptors (Lipinski definition) is 5. The molecule has 1 heterocycles. The molecule has 2 atom stereocenters. The first-order chi connectivity index (χ1) is 10.2. The van der Waals surface area contributed by atoms with Gasteiger partial charge in [-0.05, 0) is 45.1 Å². The van der Waals surface area contributed by atoms with Crippen LogP contribution in [0.1, 0.15) is 44.6 Å². The van der Waals surface area contributed by atoms with Gasteiger partial charge in [0.05, 0.1) is 6.07 Å². The highest BCUT2D eigenvalue weighted by Gasteiger charge is 2.41. The van der Waals surface area contributed by atoms with Crippen molar-refractivity contribution in [1.29, 1.82) is 5.26 Å². The van der Waals surface area contributed by atoms with Gasteiger partial charge in [0.15, 0.2) is 5.16 Å². The molecule has 21 heavy (non-hydrogen) atoms. The molecule has 7 heteroatoms. The minimum absolute atomic E-state index is 0.0949. The van der Waals surface area contributed by atoms with Crippen molar-refractivity contribution in [3.05, 3.63) is 10.5 Å². The van der Waals surface area contributed by atoms with Gasteiger partial charge in [-0.1, -0.05) is 18.2 Å². The van der Waals surface area contributed by atoms with Crippen molar-refractivity contribution >= 4 is 11.8 Å². The van der Waals surface area contributed by atoms with Crippen LogP contribution in [-0.2, 0) is 0 Å². The van der Waals surface area contributed by atoms with Crippen molar-refractivity contribution in [2.75, 3.05) is 12.8 Å². The smallest absolute Gasteiger partial charge is 0.302 e. The van der Waals surface area contributed by atoms with E-state index in [0.717, 1.165) is 49.4 Å². The molecule has 2 unspecified atom stereocenters. The molecule has 1 aromatic heterocycles. The van der Waals surface area contributed by atoms with E-state index in [9.17, 15) is 10.1 Å². The zero-order valence-corrected chi connectivity index (χ0v) is 13.1. The standard InChI is InChI=1S/C14H21N5OS/c1-16-14(9-15)7-2-3-10(14)6-8-21-13-18-17-12(20)19(13)11-4-5-11/h10-11,16H,2-8H2,1H3,(H,17,20). The van der Waals surface area contributed by atoms with Crippen molar-refractivity contribution in [3.8, 4) is 6.07 Å². The molecule has 6 nitrogen and oxygen atoms in total. The molecular weight excluding hydrogens is 286 g/mol. The number of aromatic amines is 1. The van der Waals surface area contributed by atoms with Crippen LogP contribution in [0, 0.1) is 17.2 Å². The van der Waals surface area contributed by atoms with Crippen molar-refractivity contribution in [2.24, 2.45) is 5.92 Å². The van der Waals surface area contributed by atoms with Gasteiger partial charge in [0.1, 0.15) is 5.54 Å². The number of nitriles is 1. The maximum absolute atomic E-state index is 11.7.